The first kappa shape index (κ1) is 19.2. The number of likely N-dealkylation sites (tertiary alicyclic amines) is 1. The van der Waals surface area contributed by atoms with Gasteiger partial charge in [-0.1, -0.05) is 19.1 Å². The van der Waals surface area contributed by atoms with Crippen LogP contribution in [0.5, 0.6) is 0 Å². The first-order valence-electron chi connectivity index (χ1n) is 8.98. The van der Waals surface area contributed by atoms with Crippen molar-refractivity contribution in [2.75, 3.05) is 32.1 Å². The quantitative estimate of drug-likeness (QED) is 0.777. The number of nitrogens with zero attached hydrogens (tertiary/aromatic N) is 1. The molecule has 1 aliphatic rings. The molecular formula is C19H29N3O3. The molecule has 6 nitrogen and oxygen atoms in total. The lowest BCUT2D eigenvalue weighted by atomic mass is 9.93. The molecule has 1 heterocycles. The summed E-state index contributed by atoms with van der Waals surface area (Å²) in [4.78, 5) is 26.7. The molecule has 1 aromatic rings. The second-order valence-corrected chi connectivity index (χ2v) is 6.54. The summed E-state index contributed by atoms with van der Waals surface area (Å²) in [6.45, 7) is 5.55. The van der Waals surface area contributed by atoms with Crippen LogP contribution in [0.15, 0.2) is 24.3 Å². The summed E-state index contributed by atoms with van der Waals surface area (Å²) in [6.07, 6.45) is 2.55. The van der Waals surface area contributed by atoms with Crippen LogP contribution in [0.3, 0.4) is 0 Å². The molecule has 0 bridgehead atoms. The number of piperidine rings is 1. The molecule has 1 fully saturated rings. The molecule has 6 heteroatoms. The Hall–Kier alpha value is -2.08. The smallest absolute Gasteiger partial charge is 0.322 e. The lowest BCUT2D eigenvalue weighted by molar-refractivity contribution is -0.126. The molecule has 1 aromatic carbocycles. The lowest BCUT2D eigenvalue weighted by Crippen LogP contribution is -2.51. The Morgan fingerprint density at radius 1 is 1.32 bits per heavy atom. The van der Waals surface area contributed by atoms with Gasteiger partial charge < -0.3 is 20.3 Å². The predicted octanol–water partition coefficient (Wildman–Crippen LogP) is 2.64. The van der Waals surface area contributed by atoms with Crippen molar-refractivity contribution >= 4 is 17.6 Å². The van der Waals surface area contributed by atoms with E-state index in [9.17, 15) is 9.59 Å². The third-order valence-electron chi connectivity index (χ3n) is 4.71. The number of methoxy groups -OCH3 is 1. The zero-order valence-electron chi connectivity index (χ0n) is 15.4. The number of hydrogen-bond acceptors (Lipinski definition) is 3. The molecular weight excluding hydrogens is 318 g/mol. The number of rotatable bonds is 6. The normalized spacial score (nSPS) is 20.2. The van der Waals surface area contributed by atoms with Crippen molar-refractivity contribution in [1.29, 1.82) is 0 Å². The maximum Gasteiger partial charge on any atom is 0.322 e. The van der Waals surface area contributed by atoms with E-state index in [1.165, 1.54) is 5.56 Å². The maximum atomic E-state index is 12.7. The summed E-state index contributed by atoms with van der Waals surface area (Å²) < 4.78 is 4.95. The Kier molecular flexibility index (Phi) is 7.25. The highest BCUT2D eigenvalue weighted by Crippen LogP contribution is 2.23. The van der Waals surface area contributed by atoms with Gasteiger partial charge in [0.15, 0.2) is 0 Å². The third-order valence-corrected chi connectivity index (χ3v) is 4.71. The number of aryl methyl sites for hydroxylation is 1. The van der Waals surface area contributed by atoms with E-state index in [-0.39, 0.29) is 23.9 Å². The Morgan fingerprint density at radius 2 is 2.12 bits per heavy atom. The molecule has 0 spiro atoms. The van der Waals surface area contributed by atoms with E-state index in [0.29, 0.717) is 19.7 Å². The van der Waals surface area contributed by atoms with Crippen LogP contribution < -0.4 is 10.6 Å². The van der Waals surface area contributed by atoms with Crippen molar-refractivity contribution < 1.29 is 14.3 Å². The lowest BCUT2D eigenvalue weighted by Gasteiger charge is -2.37. The van der Waals surface area contributed by atoms with Gasteiger partial charge in [-0.15, -0.1) is 0 Å². The van der Waals surface area contributed by atoms with Gasteiger partial charge in [0.1, 0.15) is 0 Å². The van der Waals surface area contributed by atoms with Crippen LogP contribution in [0, 0.1) is 5.92 Å². The van der Waals surface area contributed by atoms with Gasteiger partial charge in [-0.3, -0.25) is 4.79 Å². The molecule has 2 rings (SSSR count). The molecule has 25 heavy (non-hydrogen) atoms. The third kappa shape index (κ3) is 5.46. The predicted molar refractivity (Wildman–Crippen MR) is 98.6 cm³/mol. The Morgan fingerprint density at radius 3 is 2.84 bits per heavy atom. The molecule has 2 unspecified atom stereocenters. The van der Waals surface area contributed by atoms with E-state index in [1.807, 2.05) is 31.2 Å². The van der Waals surface area contributed by atoms with Gasteiger partial charge in [-0.25, -0.2) is 4.79 Å². The number of ether oxygens (including phenoxy) is 1. The van der Waals surface area contributed by atoms with Crippen molar-refractivity contribution in [3.63, 3.8) is 0 Å². The SMILES string of the molecule is CCc1cccc(NC(=O)N2CC(C(=O)NCCOC)CCC2C)c1. The van der Waals surface area contributed by atoms with Gasteiger partial charge >= 0.3 is 6.03 Å². The Bertz CT molecular complexity index is 591. The number of carbonyl (C=O) groups is 2. The molecule has 3 amide bonds. The zero-order valence-corrected chi connectivity index (χ0v) is 15.4. The van der Waals surface area contributed by atoms with Crippen molar-refractivity contribution in [3.8, 4) is 0 Å². The van der Waals surface area contributed by atoms with Crippen molar-refractivity contribution in [2.45, 2.75) is 39.2 Å². The van der Waals surface area contributed by atoms with E-state index >= 15 is 0 Å². The Balaban J connectivity index is 1.95. The maximum absolute atomic E-state index is 12.7. The van der Waals surface area contributed by atoms with E-state index in [2.05, 4.69) is 17.6 Å². The minimum absolute atomic E-state index is 0.00488. The van der Waals surface area contributed by atoms with Crippen LogP contribution in [0.25, 0.3) is 0 Å². The first-order chi connectivity index (χ1) is 12.0. The van der Waals surface area contributed by atoms with Crippen LogP contribution in [0.1, 0.15) is 32.3 Å². The summed E-state index contributed by atoms with van der Waals surface area (Å²) in [5, 5.41) is 5.83. The summed E-state index contributed by atoms with van der Waals surface area (Å²) >= 11 is 0. The number of benzene rings is 1. The van der Waals surface area contributed by atoms with Crippen molar-refractivity contribution in [3.05, 3.63) is 29.8 Å². The fourth-order valence-electron chi connectivity index (χ4n) is 3.09. The highest BCUT2D eigenvalue weighted by molar-refractivity contribution is 5.90. The number of anilines is 1. The molecule has 0 aromatic heterocycles. The summed E-state index contributed by atoms with van der Waals surface area (Å²) in [5.41, 5.74) is 1.98. The average Bonchev–Trinajstić information content (AvgIpc) is 2.62. The topological polar surface area (TPSA) is 70.7 Å². The van der Waals surface area contributed by atoms with Gasteiger partial charge in [0.2, 0.25) is 5.91 Å². The molecule has 0 aliphatic carbocycles. The van der Waals surface area contributed by atoms with Gasteiger partial charge in [-0.05, 0) is 43.9 Å². The number of nitrogens with one attached hydrogen (secondary N) is 2. The van der Waals surface area contributed by atoms with E-state index in [0.717, 1.165) is 24.9 Å². The fourth-order valence-corrected chi connectivity index (χ4v) is 3.09. The molecule has 2 N–H and O–H groups in total. The van der Waals surface area contributed by atoms with Gasteiger partial charge in [-0.2, -0.15) is 0 Å². The highest BCUT2D eigenvalue weighted by atomic mass is 16.5. The van der Waals surface area contributed by atoms with E-state index in [4.69, 9.17) is 4.74 Å². The second kappa shape index (κ2) is 9.42. The summed E-state index contributed by atoms with van der Waals surface area (Å²) in [7, 11) is 1.61. The minimum Gasteiger partial charge on any atom is -0.383 e. The molecule has 1 aliphatic heterocycles. The van der Waals surface area contributed by atoms with Crippen LogP contribution in [0.4, 0.5) is 10.5 Å². The van der Waals surface area contributed by atoms with Crippen molar-refractivity contribution in [2.24, 2.45) is 5.92 Å². The zero-order chi connectivity index (χ0) is 18.2. The molecule has 0 radical (unpaired) electrons. The van der Waals surface area contributed by atoms with E-state index in [1.54, 1.807) is 12.0 Å². The number of carbonyl (C=O) groups excluding carboxylic acids is 2. The first-order valence-corrected chi connectivity index (χ1v) is 8.98. The van der Waals surface area contributed by atoms with Crippen LogP contribution >= 0.6 is 0 Å². The van der Waals surface area contributed by atoms with Crippen molar-refractivity contribution in [1.82, 2.24) is 10.2 Å². The summed E-state index contributed by atoms with van der Waals surface area (Å²) in [6, 6.07) is 7.84. The molecule has 138 valence electrons. The standard InChI is InChI=1S/C19H29N3O3/c1-4-15-6-5-7-17(12-15)21-19(24)22-13-16(9-8-14(22)2)18(23)20-10-11-25-3/h5-7,12,14,16H,4,8-11,13H2,1-3H3,(H,20,23)(H,21,24). The highest BCUT2D eigenvalue weighted by Gasteiger charge is 2.32. The van der Waals surface area contributed by atoms with Gasteiger partial charge in [0, 0.05) is 31.9 Å². The van der Waals surface area contributed by atoms with E-state index < -0.39 is 0 Å². The number of urea groups is 1. The van der Waals surface area contributed by atoms with Gasteiger partial charge in [0.25, 0.3) is 0 Å². The van der Waals surface area contributed by atoms with Crippen LogP contribution in [0.2, 0.25) is 0 Å². The number of amides is 3. The molecule has 2 atom stereocenters. The second-order valence-electron chi connectivity index (χ2n) is 6.54. The fraction of sp³-hybridized carbons (Fsp3) is 0.579. The van der Waals surface area contributed by atoms with Crippen LogP contribution in [-0.4, -0.2) is 49.7 Å². The molecule has 1 saturated heterocycles. The Labute approximate surface area is 149 Å². The number of hydrogen-bond donors (Lipinski definition) is 2. The molecule has 0 saturated carbocycles. The summed E-state index contributed by atoms with van der Waals surface area (Å²) in [5.74, 6) is -0.171. The average molecular weight is 347 g/mol. The largest absolute Gasteiger partial charge is 0.383 e. The van der Waals surface area contributed by atoms with Crippen LogP contribution in [-0.2, 0) is 16.0 Å². The van der Waals surface area contributed by atoms with Gasteiger partial charge in [0.05, 0.1) is 12.5 Å². The minimum atomic E-state index is -0.166. The monoisotopic (exact) mass is 347 g/mol.